The Morgan fingerprint density at radius 3 is 3.13 bits per heavy atom. The topological polar surface area (TPSA) is 68.5 Å². The van der Waals surface area contributed by atoms with Crippen molar-refractivity contribution in [1.29, 1.82) is 0 Å². The molecule has 6 nitrogen and oxygen atoms in total. The summed E-state index contributed by atoms with van der Waals surface area (Å²) in [6, 6.07) is 0. The first-order chi connectivity index (χ1) is 7.36. The summed E-state index contributed by atoms with van der Waals surface area (Å²) in [6.07, 6.45) is 6.43. The van der Waals surface area contributed by atoms with Crippen molar-refractivity contribution in [3.8, 4) is 0 Å². The molecule has 0 aliphatic heterocycles. The number of nitrogens with one attached hydrogen (secondary N) is 1. The number of halogens is 1. The van der Waals surface area contributed by atoms with Crippen LogP contribution in [-0.4, -0.2) is 31.5 Å². The number of rotatable bonds is 4. The highest BCUT2D eigenvalue weighted by molar-refractivity contribution is 6.32. The van der Waals surface area contributed by atoms with Gasteiger partial charge in [-0.2, -0.15) is 0 Å². The van der Waals surface area contributed by atoms with Crippen LogP contribution in [0.3, 0.4) is 0 Å². The minimum absolute atomic E-state index is 0.510. The molecule has 0 bridgehead atoms. The largest absolute Gasteiger partial charge is 0.367 e. The van der Waals surface area contributed by atoms with Gasteiger partial charge in [-0.05, 0) is 0 Å². The van der Waals surface area contributed by atoms with Gasteiger partial charge in [0.2, 0.25) is 0 Å². The van der Waals surface area contributed by atoms with E-state index in [1.165, 1.54) is 6.33 Å². The molecule has 78 valence electrons. The van der Waals surface area contributed by atoms with Gasteiger partial charge in [0.05, 0.1) is 18.9 Å². The predicted octanol–water partition coefficient (Wildman–Crippen LogP) is 0.834. The first kappa shape index (κ1) is 9.85. The van der Waals surface area contributed by atoms with Gasteiger partial charge in [-0.15, -0.1) is 5.10 Å². The van der Waals surface area contributed by atoms with E-state index in [1.807, 2.05) is 0 Å². The third-order valence-electron chi connectivity index (χ3n) is 1.77. The number of anilines is 1. The van der Waals surface area contributed by atoms with Gasteiger partial charge in [0.25, 0.3) is 0 Å². The SMILES string of the molecule is Clc1cncnc1NCCn1ccnn1. The molecule has 0 saturated heterocycles. The average Bonchev–Trinajstić information content (AvgIpc) is 2.74. The molecule has 0 spiro atoms. The van der Waals surface area contributed by atoms with Crippen LogP contribution in [0.1, 0.15) is 0 Å². The standard InChI is InChI=1S/C8H9ClN6/c9-7-5-10-6-12-8(7)11-1-3-15-4-2-13-14-15/h2,4-6H,1,3H2,(H,10,11,12). The summed E-state index contributed by atoms with van der Waals surface area (Å²) in [5.41, 5.74) is 0. The van der Waals surface area contributed by atoms with Crippen molar-refractivity contribution in [3.05, 3.63) is 29.9 Å². The van der Waals surface area contributed by atoms with Gasteiger partial charge in [-0.3, -0.25) is 4.68 Å². The van der Waals surface area contributed by atoms with Gasteiger partial charge in [0.1, 0.15) is 17.2 Å². The van der Waals surface area contributed by atoms with Crippen molar-refractivity contribution in [1.82, 2.24) is 25.0 Å². The molecule has 2 heterocycles. The van der Waals surface area contributed by atoms with Gasteiger partial charge in [-0.25, -0.2) is 9.97 Å². The molecular weight excluding hydrogens is 216 g/mol. The Hall–Kier alpha value is -1.69. The molecule has 0 unspecified atom stereocenters. The molecule has 0 saturated carbocycles. The second kappa shape index (κ2) is 4.70. The minimum atomic E-state index is 0.510. The lowest BCUT2D eigenvalue weighted by molar-refractivity contribution is 0.608. The zero-order chi connectivity index (χ0) is 10.5. The minimum Gasteiger partial charge on any atom is -0.367 e. The van der Waals surface area contributed by atoms with Gasteiger partial charge in [0, 0.05) is 12.7 Å². The van der Waals surface area contributed by atoms with Crippen LogP contribution < -0.4 is 5.32 Å². The van der Waals surface area contributed by atoms with E-state index in [-0.39, 0.29) is 0 Å². The van der Waals surface area contributed by atoms with Crippen molar-refractivity contribution in [2.45, 2.75) is 6.54 Å². The smallest absolute Gasteiger partial charge is 0.148 e. The summed E-state index contributed by atoms with van der Waals surface area (Å²) in [7, 11) is 0. The Morgan fingerprint density at radius 1 is 1.47 bits per heavy atom. The summed E-state index contributed by atoms with van der Waals surface area (Å²) in [4.78, 5) is 7.79. The van der Waals surface area contributed by atoms with Crippen molar-refractivity contribution in [2.75, 3.05) is 11.9 Å². The normalized spacial score (nSPS) is 10.2. The maximum atomic E-state index is 5.86. The maximum Gasteiger partial charge on any atom is 0.148 e. The van der Waals surface area contributed by atoms with Crippen LogP contribution in [0.2, 0.25) is 5.02 Å². The Bertz CT molecular complexity index is 415. The number of hydrogen-bond donors (Lipinski definition) is 1. The first-order valence-corrected chi connectivity index (χ1v) is 4.77. The maximum absolute atomic E-state index is 5.86. The quantitative estimate of drug-likeness (QED) is 0.833. The second-order valence-electron chi connectivity index (χ2n) is 2.81. The lowest BCUT2D eigenvalue weighted by Gasteiger charge is -2.05. The lowest BCUT2D eigenvalue weighted by atomic mass is 10.5. The summed E-state index contributed by atoms with van der Waals surface area (Å²) in [5, 5.41) is 11.1. The molecule has 2 aromatic heterocycles. The molecule has 15 heavy (non-hydrogen) atoms. The third-order valence-corrected chi connectivity index (χ3v) is 2.05. The molecule has 0 atom stereocenters. The van der Waals surface area contributed by atoms with E-state index >= 15 is 0 Å². The Morgan fingerprint density at radius 2 is 2.40 bits per heavy atom. The van der Waals surface area contributed by atoms with Crippen molar-refractivity contribution in [2.24, 2.45) is 0 Å². The van der Waals surface area contributed by atoms with Gasteiger partial charge in [-0.1, -0.05) is 16.8 Å². The van der Waals surface area contributed by atoms with Crippen LogP contribution in [-0.2, 0) is 6.54 Å². The molecule has 0 fully saturated rings. The Balaban J connectivity index is 1.86. The Labute approximate surface area is 91.3 Å². The monoisotopic (exact) mass is 224 g/mol. The molecule has 1 N–H and O–H groups in total. The molecule has 0 aliphatic rings. The first-order valence-electron chi connectivity index (χ1n) is 4.40. The van der Waals surface area contributed by atoms with Crippen molar-refractivity contribution < 1.29 is 0 Å². The average molecular weight is 225 g/mol. The van der Waals surface area contributed by atoms with E-state index in [0.29, 0.717) is 23.9 Å². The number of aromatic nitrogens is 5. The molecule has 0 aliphatic carbocycles. The van der Waals surface area contributed by atoms with Crippen molar-refractivity contribution in [3.63, 3.8) is 0 Å². The van der Waals surface area contributed by atoms with Crippen molar-refractivity contribution >= 4 is 17.4 Å². The molecule has 2 rings (SSSR count). The van der Waals surface area contributed by atoms with E-state index in [2.05, 4.69) is 25.6 Å². The fourth-order valence-electron chi connectivity index (χ4n) is 1.08. The van der Waals surface area contributed by atoms with Gasteiger partial charge < -0.3 is 5.32 Å². The van der Waals surface area contributed by atoms with E-state index in [4.69, 9.17) is 11.6 Å². The van der Waals surface area contributed by atoms with Crippen LogP contribution in [0.25, 0.3) is 0 Å². The highest BCUT2D eigenvalue weighted by Crippen LogP contribution is 2.15. The fourth-order valence-corrected chi connectivity index (χ4v) is 1.26. The summed E-state index contributed by atoms with van der Waals surface area (Å²) in [6.45, 7) is 1.39. The van der Waals surface area contributed by atoms with Crippen LogP contribution >= 0.6 is 11.6 Å². The zero-order valence-corrected chi connectivity index (χ0v) is 8.59. The zero-order valence-electron chi connectivity index (χ0n) is 7.84. The third kappa shape index (κ3) is 2.63. The van der Waals surface area contributed by atoms with E-state index in [1.54, 1.807) is 23.3 Å². The number of nitrogens with zero attached hydrogens (tertiary/aromatic N) is 5. The predicted molar refractivity (Wildman–Crippen MR) is 55.6 cm³/mol. The number of hydrogen-bond acceptors (Lipinski definition) is 5. The summed E-state index contributed by atoms with van der Waals surface area (Å²) >= 11 is 5.86. The molecular formula is C8H9ClN6. The second-order valence-corrected chi connectivity index (χ2v) is 3.22. The highest BCUT2D eigenvalue weighted by atomic mass is 35.5. The van der Waals surface area contributed by atoms with Gasteiger partial charge >= 0.3 is 0 Å². The van der Waals surface area contributed by atoms with E-state index < -0.39 is 0 Å². The van der Waals surface area contributed by atoms with Gasteiger partial charge in [0.15, 0.2) is 0 Å². The van der Waals surface area contributed by atoms with Crippen LogP contribution in [0, 0.1) is 0 Å². The fraction of sp³-hybridized carbons (Fsp3) is 0.250. The summed E-state index contributed by atoms with van der Waals surface area (Å²) < 4.78 is 1.72. The van der Waals surface area contributed by atoms with Crippen LogP contribution in [0.4, 0.5) is 5.82 Å². The van der Waals surface area contributed by atoms with E-state index in [0.717, 1.165) is 0 Å². The highest BCUT2D eigenvalue weighted by Gasteiger charge is 1.99. The summed E-state index contributed by atoms with van der Waals surface area (Å²) in [5.74, 6) is 0.631. The van der Waals surface area contributed by atoms with E-state index in [9.17, 15) is 0 Å². The molecule has 0 radical (unpaired) electrons. The lowest BCUT2D eigenvalue weighted by Crippen LogP contribution is -2.12. The van der Waals surface area contributed by atoms with Crippen LogP contribution in [0.5, 0.6) is 0 Å². The molecule has 0 amide bonds. The molecule has 2 aromatic rings. The molecule has 0 aromatic carbocycles. The molecule has 7 heteroatoms. The Kier molecular flexibility index (Phi) is 3.08. The van der Waals surface area contributed by atoms with Crippen LogP contribution in [0.15, 0.2) is 24.9 Å².